The lowest BCUT2D eigenvalue weighted by Gasteiger charge is -2.21. The highest BCUT2D eigenvalue weighted by atomic mass is 15.2. The largest absolute Gasteiger partial charge is 0.357 e. The van der Waals surface area contributed by atoms with Crippen molar-refractivity contribution in [2.45, 2.75) is 6.92 Å². The van der Waals surface area contributed by atoms with Crippen molar-refractivity contribution in [2.75, 3.05) is 24.3 Å². The first-order chi connectivity index (χ1) is 9.70. The number of H-pyrrole nitrogens is 1. The van der Waals surface area contributed by atoms with E-state index < -0.39 is 0 Å². The lowest BCUT2D eigenvalue weighted by atomic mass is 10.2. The number of anilines is 3. The lowest BCUT2D eigenvalue weighted by Crippen LogP contribution is -2.14. The van der Waals surface area contributed by atoms with Gasteiger partial charge in [-0.3, -0.25) is 5.10 Å². The Hall–Kier alpha value is -2.63. The van der Waals surface area contributed by atoms with Crippen LogP contribution in [0.5, 0.6) is 0 Å². The van der Waals surface area contributed by atoms with Gasteiger partial charge in [0.15, 0.2) is 5.65 Å². The number of hydrogen-bond acceptors (Lipinski definition) is 5. The zero-order valence-corrected chi connectivity index (χ0v) is 11.7. The molecule has 20 heavy (non-hydrogen) atoms. The molecule has 6 nitrogen and oxygen atoms in total. The summed E-state index contributed by atoms with van der Waals surface area (Å²) in [7, 11) is 3.80. The monoisotopic (exact) mass is 268 g/mol. The molecule has 0 atom stereocenters. The minimum Gasteiger partial charge on any atom is -0.357 e. The second-order valence-corrected chi connectivity index (χ2v) is 4.60. The summed E-state index contributed by atoms with van der Waals surface area (Å²) in [5.74, 6) is 1.39. The van der Waals surface area contributed by atoms with Gasteiger partial charge < -0.3 is 10.2 Å². The van der Waals surface area contributed by atoms with Gasteiger partial charge in [-0.05, 0) is 18.6 Å². The highest BCUT2D eigenvalue weighted by Gasteiger charge is 2.15. The van der Waals surface area contributed by atoms with E-state index >= 15 is 0 Å². The molecule has 0 radical (unpaired) electrons. The molecule has 2 N–H and O–H groups in total. The number of hydrogen-bond donors (Lipinski definition) is 2. The number of fused-ring (bicyclic) bond motifs is 1. The average molecular weight is 268 g/mol. The lowest BCUT2D eigenvalue weighted by molar-refractivity contribution is 1.07. The second kappa shape index (κ2) is 4.80. The fraction of sp³-hybridized carbons (Fsp3) is 0.214. The van der Waals surface area contributed by atoms with Crippen LogP contribution in [0.1, 0.15) is 5.56 Å². The molecule has 2 aromatic heterocycles. The van der Waals surface area contributed by atoms with Gasteiger partial charge in [0.05, 0.1) is 11.6 Å². The van der Waals surface area contributed by atoms with Crippen molar-refractivity contribution in [1.29, 1.82) is 0 Å². The molecule has 0 bridgehead atoms. The molecule has 0 aliphatic rings. The van der Waals surface area contributed by atoms with E-state index in [-0.39, 0.29) is 0 Å². The molecule has 0 aliphatic heterocycles. The first kappa shape index (κ1) is 12.4. The van der Waals surface area contributed by atoms with Gasteiger partial charge in [0.2, 0.25) is 5.95 Å². The van der Waals surface area contributed by atoms with Crippen molar-refractivity contribution in [3.8, 4) is 0 Å². The SMILES string of the molecule is CNc1nc(N(C)c2ccccc2C)c2cn[nH]c2n1. The molecule has 1 aromatic carbocycles. The predicted molar refractivity (Wildman–Crippen MR) is 80.5 cm³/mol. The third kappa shape index (κ3) is 1.95. The highest BCUT2D eigenvalue weighted by Crippen LogP contribution is 2.30. The number of benzene rings is 1. The third-order valence-electron chi connectivity index (χ3n) is 3.31. The van der Waals surface area contributed by atoms with Crippen LogP contribution in [-0.2, 0) is 0 Å². The minimum absolute atomic E-state index is 0.567. The Balaban J connectivity index is 2.18. The molecule has 0 amide bonds. The third-order valence-corrected chi connectivity index (χ3v) is 3.31. The smallest absolute Gasteiger partial charge is 0.226 e. The van der Waals surface area contributed by atoms with E-state index in [1.807, 2.05) is 19.2 Å². The Morgan fingerprint density at radius 2 is 2.00 bits per heavy atom. The fourth-order valence-corrected chi connectivity index (χ4v) is 2.24. The van der Waals surface area contributed by atoms with E-state index in [4.69, 9.17) is 0 Å². The van der Waals surface area contributed by atoms with E-state index in [2.05, 4.69) is 49.4 Å². The van der Waals surface area contributed by atoms with Crippen molar-refractivity contribution < 1.29 is 0 Å². The Bertz CT molecular complexity index is 748. The molecule has 0 fully saturated rings. The summed E-state index contributed by atoms with van der Waals surface area (Å²) in [4.78, 5) is 10.9. The van der Waals surface area contributed by atoms with Gasteiger partial charge in [0, 0.05) is 19.8 Å². The minimum atomic E-state index is 0.567. The first-order valence-corrected chi connectivity index (χ1v) is 6.39. The molecule has 0 spiro atoms. The number of aromatic amines is 1. The molecular formula is C14H16N6. The normalized spacial score (nSPS) is 10.8. The van der Waals surface area contributed by atoms with Crippen LogP contribution in [-0.4, -0.2) is 34.3 Å². The fourth-order valence-electron chi connectivity index (χ4n) is 2.24. The summed E-state index contributed by atoms with van der Waals surface area (Å²) >= 11 is 0. The van der Waals surface area contributed by atoms with E-state index in [0.717, 1.165) is 22.5 Å². The van der Waals surface area contributed by atoms with Crippen LogP contribution >= 0.6 is 0 Å². The Morgan fingerprint density at radius 1 is 1.20 bits per heavy atom. The summed E-state index contributed by atoms with van der Waals surface area (Å²) in [6.45, 7) is 2.08. The molecule has 2 heterocycles. The summed E-state index contributed by atoms with van der Waals surface area (Å²) in [6.07, 6.45) is 1.75. The van der Waals surface area contributed by atoms with E-state index in [9.17, 15) is 0 Å². The summed E-state index contributed by atoms with van der Waals surface area (Å²) < 4.78 is 0. The quantitative estimate of drug-likeness (QED) is 0.763. The molecule has 0 aliphatic carbocycles. The summed E-state index contributed by atoms with van der Waals surface area (Å²) in [6, 6.07) is 8.20. The van der Waals surface area contributed by atoms with Gasteiger partial charge in [-0.2, -0.15) is 15.1 Å². The highest BCUT2D eigenvalue weighted by molar-refractivity contribution is 5.90. The van der Waals surface area contributed by atoms with Crippen molar-refractivity contribution in [2.24, 2.45) is 0 Å². The molecule has 3 aromatic rings. The maximum absolute atomic E-state index is 4.55. The van der Waals surface area contributed by atoms with Gasteiger partial charge in [0.25, 0.3) is 0 Å². The number of para-hydroxylation sites is 1. The van der Waals surface area contributed by atoms with E-state index in [1.54, 1.807) is 13.2 Å². The number of nitrogens with one attached hydrogen (secondary N) is 2. The maximum atomic E-state index is 4.55. The molecular weight excluding hydrogens is 252 g/mol. The second-order valence-electron chi connectivity index (χ2n) is 4.60. The molecule has 0 saturated heterocycles. The standard InChI is InChI=1S/C14H16N6/c1-9-6-4-5-7-11(9)20(3)13-10-8-16-19-12(10)17-14(15-2)18-13/h4-8H,1-3H3,(H2,15,16,17,18,19). The summed E-state index contributed by atoms with van der Waals surface area (Å²) in [5.41, 5.74) is 3.02. The number of rotatable bonds is 3. The zero-order chi connectivity index (χ0) is 14.1. The molecule has 3 rings (SSSR count). The van der Waals surface area contributed by atoms with Gasteiger partial charge in [-0.15, -0.1) is 0 Å². The van der Waals surface area contributed by atoms with Crippen molar-refractivity contribution in [1.82, 2.24) is 20.2 Å². The first-order valence-electron chi connectivity index (χ1n) is 6.39. The predicted octanol–water partition coefficient (Wildman–Crippen LogP) is 2.47. The van der Waals surface area contributed by atoms with E-state index in [1.165, 1.54) is 5.56 Å². The van der Waals surface area contributed by atoms with Crippen LogP contribution in [0.25, 0.3) is 11.0 Å². The van der Waals surface area contributed by atoms with Crippen LogP contribution in [0.4, 0.5) is 17.5 Å². The van der Waals surface area contributed by atoms with Gasteiger partial charge in [0.1, 0.15) is 5.82 Å². The van der Waals surface area contributed by atoms with Crippen molar-refractivity contribution >= 4 is 28.5 Å². The van der Waals surface area contributed by atoms with Crippen molar-refractivity contribution in [3.63, 3.8) is 0 Å². The zero-order valence-electron chi connectivity index (χ0n) is 11.7. The average Bonchev–Trinajstić information content (AvgIpc) is 2.94. The van der Waals surface area contributed by atoms with Gasteiger partial charge in [-0.25, -0.2) is 0 Å². The van der Waals surface area contributed by atoms with Crippen LogP contribution in [0.2, 0.25) is 0 Å². The Kier molecular flexibility index (Phi) is 2.98. The molecule has 6 heteroatoms. The van der Waals surface area contributed by atoms with Crippen LogP contribution in [0.15, 0.2) is 30.5 Å². The topological polar surface area (TPSA) is 69.7 Å². The summed E-state index contributed by atoms with van der Waals surface area (Å²) in [5, 5.41) is 10.8. The molecule has 0 saturated carbocycles. The Labute approximate surface area is 116 Å². The maximum Gasteiger partial charge on any atom is 0.226 e. The molecule has 0 unspecified atom stereocenters. The number of aromatic nitrogens is 4. The van der Waals surface area contributed by atoms with Crippen LogP contribution < -0.4 is 10.2 Å². The van der Waals surface area contributed by atoms with Gasteiger partial charge in [-0.1, -0.05) is 18.2 Å². The number of nitrogens with zero attached hydrogens (tertiary/aromatic N) is 4. The van der Waals surface area contributed by atoms with Crippen molar-refractivity contribution in [3.05, 3.63) is 36.0 Å². The van der Waals surface area contributed by atoms with Crippen LogP contribution in [0, 0.1) is 6.92 Å². The van der Waals surface area contributed by atoms with Gasteiger partial charge >= 0.3 is 0 Å². The number of aryl methyl sites for hydroxylation is 1. The van der Waals surface area contributed by atoms with Crippen LogP contribution in [0.3, 0.4) is 0 Å². The molecule has 102 valence electrons. The van der Waals surface area contributed by atoms with E-state index in [0.29, 0.717) is 5.95 Å². The Morgan fingerprint density at radius 3 is 2.75 bits per heavy atom.